The van der Waals surface area contributed by atoms with Gasteiger partial charge in [0, 0.05) is 7.05 Å². The maximum absolute atomic E-state index is 11.3. The van der Waals surface area contributed by atoms with E-state index in [4.69, 9.17) is 4.84 Å². The van der Waals surface area contributed by atoms with Gasteiger partial charge in [-0.2, -0.15) is 0 Å². The van der Waals surface area contributed by atoms with Gasteiger partial charge < -0.3 is 0 Å². The number of carbonyl (C=O) groups is 1. The van der Waals surface area contributed by atoms with Gasteiger partial charge in [0.1, 0.15) is 0 Å². The van der Waals surface area contributed by atoms with Crippen molar-refractivity contribution in [2.75, 3.05) is 14.2 Å². The zero-order valence-corrected chi connectivity index (χ0v) is 9.14. The predicted molar refractivity (Wildman–Crippen MR) is 58.8 cm³/mol. The van der Waals surface area contributed by atoms with E-state index in [0.717, 1.165) is 12.8 Å². The van der Waals surface area contributed by atoms with E-state index in [1.165, 1.54) is 17.7 Å². The number of rotatable bonds is 5. The number of hydrogen-bond donors (Lipinski definition) is 0. The van der Waals surface area contributed by atoms with Crippen molar-refractivity contribution in [3.8, 4) is 0 Å². The minimum absolute atomic E-state index is 0.103. The van der Waals surface area contributed by atoms with Crippen molar-refractivity contribution in [1.29, 1.82) is 0 Å². The van der Waals surface area contributed by atoms with E-state index in [-0.39, 0.29) is 5.91 Å². The van der Waals surface area contributed by atoms with Crippen LogP contribution in [0.5, 0.6) is 0 Å². The smallest absolute Gasteiger partial charge is 0.249 e. The van der Waals surface area contributed by atoms with Crippen LogP contribution >= 0.6 is 0 Å². The Labute approximate surface area is 90.6 Å². The maximum atomic E-state index is 11.3. The van der Waals surface area contributed by atoms with E-state index in [1.807, 2.05) is 18.2 Å². The highest BCUT2D eigenvalue weighted by Crippen LogP contribution is 2.04. The van der Waals surface area contributed by atoms with Gasteiger partial charge in [-0.3, -0.25) is 9.63 Å². The first kappa shape index (κ1) is 11.7. The summed E-state index contributed by atoms with van der Waals surface area (Å²) in [6.07, 6.45) is 3.25. The molecular weight excluding hydrogens is 190 g/mol. The Kier molecular flexibility index (Phi) is 4.84. The molecule has 0 N–H and O–H groups in total. The Morgan fingerprint density at radius 1 is 1.40 bits per heavy atom. The molecule has 0 saturated heterocycles. The van der Waals surface area contributed by atoms with E-state index in [0.29, 0.717) is 0 Å². The monoisotopic (exact) mass is 206 g/mol. The predicted octanol–water partition coefficient (Wildman–Crippen LogP) is 1.84. The topological polar surface area (TPSA) is 29.5 Å². The third-order valence-corrected chi connectivity index (χ3v) is 2.18. The number of hydroxylamine groups is 2. The summed E-state index contributed by atoms with van der Waals surface area (Å²) in [6.45, 7) is 0. The summed E-state index contributed by atoms with van der Waals surface area (Å²) in [5.41, 5.74) is 1.24. The molecule has 1 aromatic rings. The summed E-state index contributed by atoms with van der Waals surface area (Å²) in [5, 5.41) is 1.21. The molecule has 0 aromatic heterocycles. The molecule has 3 heteroatoms. The van der Waals surface area contributed by atoms with Gasteiger partial charge in [-0.1, -0.05) is 30.3 Å². The lowest BCUT2D eigenvalue weighted by molar-refractivity contribution is -0.164. The van der Waals surface area contributed by atoms with Crippen LogP contribution < -0.4 is 0 Å². The third kappa shape index (κ3) is 4.13. The Morgan fingerprint density at radius 2 is 2.07 bits per heavy atom. The van der Waals surface area contributed by atoms with Crippen molar-refractivity contribution in [2.24, 2.45) is 0 Å². The summed E-state index contributed by atoms with van der Waals surface area (Å²) < 4.78 is 0. The van der Waals surface area contributed by atoms with Crippen molar-refractivity contribution < 1.29 is 9.63 Å². The number of aryl methyl sites for hydroxylation is 1. The molecule has 0 aliphatic carbocycles. The highest BCUT2D eigenvalue weighted by molar-refractivity contribution is 5.83. The number of carbonyl (C=O) groups excluding carboxylic acids is 1. The lowest BCUT2D eigenvalue weighted by Crippen LogP contribution is -2.25. The Balaban J connectivity index is 2.25. The van der Waals surface area contributed by atoms with Gasteiger partial charge in [0.2, 0.25) is 5.91 Å². The third-order valence-electron chi connectivity index (χ3n) is 2.18. The summed E-state index contributed by atoms with van der Waals surface area (Å²) in [6, 6.07) is 10.1. The fourth-order valence-corrected chi connectivity index (χ4v) is 1.23. The normalized spacial score (nSPS) is 10.0. The number of hydrogen-bond acceptors (Lipinski definition) is 2. The van der Waals surface area contributed by atoms with E-state index < -0.39 is 0 Å². The summed E-state index contributed by atoms with van der Waals surface area (Å²) in [4.78, 5) is 16.1. The van der Waals surface area contributed by atoms with Crippen molar-refractivity contribution in [3.05, 3.63) is 42.3 Å². The van der Waals surface area contributed by atoms with E-state index in [9.17, 15) is 4.79 Å². The molecule has 0 fully saturated rings. The first-order valence-electron chi connectivity index (χ1n) is 4.93. The molecule has 0 heterocycles. The van der Waals surface area contributed by atoms with Crippen LogP contribution in [-0.2, 0) is 16.1 Å². The Hall–Kier alpha value is -1.35. The summed E-state index contributed by atoms with van der Waals surface area (Å²) in [5.74, 6) is -0.103. The fraction of sp³-hybridized carbons (Fsp3) is 0.333. The highest BCUT2D eigenvalue weighted by atomic mass is 16.7. The molecule has 0 unspecified atom stereocenters. The number of benzene rings is 1. The molecule has 81 valence electrons. The molecule has 1 rings (SSSR count). The first-order chi connectivity index (χ1) is 7.24. The molecule has 15 heavy (non-hydrogen) atoms. The molecule has 1 amide bonds. The van der Waals surface area contributed by atoms with E-state index in [1.54, 1.807) is 13.5 Å². The van der Waals surface area contributed by atoms with Crippen molar-refractivity contribution in [1.82, 2.24) is 5.06 Å². The van der Waals surface area contributed by atoms with Gasteiger partial charge in [0.25, 0.3) is 0 Å². The second-order valence-electron chi connectivity index (χ2n) is 3.25. The van der Waals surface area contributed by atoms with Crippen molar-refractivity contribution in [3.63, 3.8) is 0 Å². The highest BCUT2D eigenvalue weighted by Gasteiger charge is 2.07. The van der Waals surface area contributed by atoms with Gasteiger partial charge >= 0.3 is 0 Å². The quantitative estimate of drug-likeness (QED) is 0.688. The molecule has 0 spiro atoms. The molecule has 0 aliphatic heterocycles. The number of amides is 1. The SMILES string of the molecule is CON(C)C(=O)[CH]CCc1ccccc1. The van der Waals surface area contributed by atoms with Gasteiger partial charge in [-0.25, -0.2) is 5.06 Å². The van der Waals surface area contributed by atoms with Crippen LogP contribution in [0.3, 0.4) is 0 Å². The van der Waals surface area contributed by atoms with Gasteiger partial charge in [0.05, 0.1) is 13.5 Å². The molecule has 3 nitrogen and oxygen atoms in total. The molecule has 1 radical (unpaired) electrons. The lowest BCUT2D eigenvalue weighted by atomic mass is 10.1. The summed E-state index contributed by atoms with van der Waals surface area (Å²) in [7, 11) is 3.07. The second kappa shape index (κ2) is 6.19. The van der Waals surface area contributed by atoms with Crippen LogP contribution in [0, 0.1) is 6.42 Å². The molecule has 0 atom stereocenters. The minimum Gasteiger partial charge on any atom is -0.275 e. The van der Waals surface area contributed by atoms with Crippen molar-refractivity contribution >= 4 is 5.91 Å². The lowest BCUT2D eigenvalue weighted by Gasteiger charge is -2.12. The van der Waals surface area contributed by atoms with Gasteiger partial charge in [-0.05, 0) is 18.4 Å². The number of nitrogens with zero attached hydrogens (tertiary/aromatic N) is 1. The maximum Gasteiger partial charge on any atom is 0.249 e. The largest absolute Gasteiger partial charge is 0.275 e. The van der Waals surface area contributed by atoms with Crippen LogP contribution in [-0.4, -0.2) is 25.1 Å². The molecule has 0 aliphatic rings. The molecule has 1 aromatic carbocycles. The van der Waals surface area contributed by atoms with Gasteiger partial charge in [-0.15, -0.1) is 0 Å². The fourth-order valence-electron chi connectivity index (χ4n) is 1.23. The average Bonchev–Trinajstić information content (AvgIpc) is 2.29. The zero-order valence-electron chi connectivity index (χ0n) is 9.14. The first-order valence-corrected chi connectivity index (χ1v) is 4.93. The average molecular weight is 206 g/mol. The zero-order chi connectivity index (χ0) is 11.1. The molecule has 0 saturated carbocycles. The van der Waals surface area contributed by atoms with Crippen LogP contribution in [0.25, 0.3) is 0 Å². The second-order valence-corrected chi connectivity index (χ2v) is 3.25. The standard InChI is InChI=1S/C12H16NO2/c1-13(15-2)12(14)10-6-9-11-7-4-3-5-8-11/h3-5,7-8,10H,6,9H2,1-2H3. The minimum atomic E-state index is -0.103. The van der Waals surface area contributed by atoms with Crippen LogP contribution in [0.15, 0.2) is 30.3 Å². The van der Waals surface area contributed by atoms with E-state index >= 15 is 0 Å². The van der Waals surface area contributed by atoms with Gasteiger partial charge in [0.15, 0.2) is 0 Å². The molecule has 0 bridgehead atoms. The molecular formula is C12H16NO2. The Morgan fingerprint density at radius 3 is 2.67 bits per heavy atom. The van der Waals surface area contributed by atoms with Crippen LogP contribution in [0.1, 0.15) is 12.0 Å². The van der Waals surface area contributed by atoms with Crippen molar-refractivity contribution in [2.45, 2.75) is 12.8 Å². The summed E-state index contributed by atoms with van der Waals surface area (Å²) >= 11 is 0. The van der Waals surface area contributed by atoms with Crippen LogP contribution in [0.4, 0.5) is 0 Å². The van der Waals surface area contributed by atoms with E-state index in [2.05, 4.69) is 12.1 Å². The van der Waals surface area contributed by atoms with Crippen LogP contribution in [0.2, 0.25) is 0 Å². The Bertz CT molecular complexity index is 298.